The van der Waals surface area contributed by atoms with Gasteiger partial charge < -0.3 is 20.1 Å². The lowest BCUT2D eigenvalue weighted by Gasteiger charge is -2.13. The van der Waals surface area contributed by atoms with Crippen molar-refractivity contribution in [3.05, 3.63) is 86.7 Å². The average Bonchev–Trinajstić information content (AvgIpc) is 3.18. The molecule has 3 aromatic rings. The first-order valence-electron chi connectivity index (χ1n) is 12.1. The Morgan fingerprint density at radius 2 is 1.73 bits per heavy atom. The molecule has 3 aromatic carbocycles. The fourth-order valence-electron chi connectivity index (χ4n) is 3.74. The van der Waals surface area contributed by atoms with Crippen molar-refractivity contribution in [2.45, 2.75) is 13.8 Å². The Kier molecular flexibility index (Phi) is 9.28. The van der Waals surface area contributed by atoms with Gasteiger partial charge in [-0.25, -0.2) is 0 Å². The number of carbonyl (C=O) groups excluding carboxylic acids is 4. The van der Waals surface area contributed by atoms with Crippen molar-refractivity contribution >= 4 is 68.1 Å². The van der Waals surface area contributed by atoms with Gasteiger partial charge in [0.05, 0.1) is 17.7 Å². The van der Waals surface area contributed by atoms with Gasteiger partial charge in [0.1, 0.15) is 6.54 Å². The van der Waals surface area contributed by atoms with Crippen LogP contribution in [0.2, 0.25) is 0 Å². The van der Waals surface area contributed by atoms with Crippen LogP contribution in [0.1, 0.15) is 16.7 Å². The highest BCUT2D eigenvalue weighted by molar-refractivity contribution is 9.10. The second kappa shape index (κ2) is 12.8. The zero-order chi connectivity index (χ0) is 28.8. The van der Waals surface area contributed by atoms with E-state index in [9.17, 15) is 19.2 Å². The molecule has 0 bridgehead atoms. The minimum absolute atomic E-state index is 0.169. The van der Waals surface area contributed by atoms with E-state index >= 15 is 0 Å². The summed E-state index contributed by atoms with van der Waals surface area (Å²) in [5.41, 5.74) is 3.99. The van der Waals surface area contributed by atoms with Crippen molar-refractivity contribution in [1.29, 1.82) is 0 Å². The van der Waals surface area contributed by atoms with Crippen LogP contribution in [0.5, 0.6) is 11.5 Å². The zero-order valence-electron chi connectivity index (χ0n) is 21.9. The predicted molar refractivity (Wildman–Crippen MR) is 158 cm³/mol. The smallest absolute Gasteiger partial charge is 0.294 e. The summed E-state index contributed by atoms with van der Waals surface area (Å²) in [5.74, 6) is -0.710. The number of benzene rings is 3. The van der Waals surface area contributed by atoms with Gasteiger partial charge in [-0.1, -0.05) is 24.3 Å². The molecular weight excluding hydrogens is 598 g/mol. The van der Waals surface area contributed by atoms with Crippen molar-refractivity contribution in [2.75, 3.05) is 30.9 Å². The van der Waals surface area contributed by atoms with Crippen molar-refractivity contribution in [1.82, 2.24) is 4.90 Å². The molecule has 1 saturated heterocycles. The number of hydrogen-bond acceptors (Lipinski definition) is 7. The Balaban J connectivity index is 1.38. The number of amides is 4. The molecule has 4 amide bonds. The Morgan fingerprint density at radius 3 is 2.45 bits per heavy atom. The zero-order valence-corrected chi connectivity index (χ0v) is 24.4. The maximum Gasteiger partial charge on any atom is 0.294 e. The number of aryl methyl sites for hydroxylation is 2. The molecule has 1 aliphatic heterocycles. The van der Waals surface area contributed by atoms with Crippen molar-refractivity contribution in [3.63, 3.8) is 0 Å². The van der Waals surface area contributed by atoms with Crippen molar-refractivity contribution in [2.24, 2.45) is 0 Å². The van der Waals surface area contributed by atoms with Gasteiger partial charge in [-0.2, -0.15) is 0 Å². The summed E-state index contributed by atoms with van der Waals surface area (Å²) in [6, 6.07) is 17.6. The fraction of sp³-hybridized carbons (Fsp3) is 0.172. The normalized spacial score (nSPS) is 13.9. The van der Waals surface area contributed by atoms with E-state index in [-0.39, 0.29) is 17.4 Å². The molecule has 1 heterocycles. The first kappa shape index (κ1) is 28.9. The van der Waals surface area contributed by atoms with Crippen molar-refractivity contribution in [3.8, 4) is 11.5 Å². The molecule has 0 unspecified atom stereocenters. The molecule has 0 radical (unpaired) electrons. The van der Waals surface area contributed by atoms with Crippen LogP contribution in [-0.4, -0.2) is 48.1 Å². The first-order valence-corrected chi connectivity index (χ1v) is 13.7. The van der Waals surface area contributed by atoms with E-state index in [0.717, 1.165) is 27.8 Å². The van der Waals surface area contributed by atoms with Crippen molar-refractivity contribution < 1.29 is 28.7 Å². The maximum atomic E-state index is 12.9. The lowest BCUT2D eigenvalue weighted by atomic mass is 10.1. The van der Waals surface area contributed by atoms with Crippen LogP contribution in [0, 0.1) is 13.8 Å². The number of halogens is 1. The second-order valence-electron chi connectivity index (χ2n) is 8.84. The Labute approximate surface area is 244 Å². The van der Waals surface area contributed by atoms with Crippen LogP contribution in [-0.2, 0) is 14.4 Å². The Hall–Kier alpha value is -4.09. The number of nitrogens with zero attached hydrogens (tertiary/aromatic N) is 1. The summed E-state index contributed by atoms with van der Waals surface area (Å²) in [4.78, 5) is 51.3. The van der Waals surface area contributed by atoms with Gasteiger partial charge in [-0.05, 0) is 101 Å². The molecule has 0 aromatic heterocycles. The third-order valence-corrected chi connectivity index (χ3v) is 7.56. The largest absolute Gasteiger partial charge is 0.493 e. The molecule has 1 aliphatic rings. The first-order chi connectivity index (χ1) is 19.1. The number of methoxy groups -OCH3 is 1. The van der Waals surface area contributed by atoms with E-state index in [0.29, 0.717) is 32.9 Å². The minimum Gasteiger partial charge on any atom is -0.493 e. The van der Waals surface area contributed by atoms with Gasteiger partial charge in [-0.3, -0.25) is 24.1 Å². The molecule has 1 fully saturated rings. The number of nitrogens with one attached hydrogen (secondary N) is 2. The van der Waals surface area contributed by atoms with Crippen LogP contribution in [0.15, 0.2) is 70.0 Å². The van der Waals surface area contributed by atoms with Gasteiger partial charge in [0.25, 0.3) is 17.1 Å². The molecule has 40 heavy (non-hydrogen) atoms. The third kappa shape index (κ3) is 7.10. The second-order valence-corrected chi connectivity index (χ2v) is 10.7. The highest BCUT2D eigenvalue weighted by Crippen LogP contribution is 2.34. The lowest BCUT2D eigenvalue weighted by Crippen LogP contribution is -2.36. The predicted octanol–water partition coefficient (Wildman–Crippen LogP) is 5.77. The topological polar surface area (TPSA) is 114 Å². The van der Waals surface area contributed by atoms with Crippen LogP contribution in [0.3, 0.4) is 0 Å². The molecule has 0 spiro atoms. The third-order valence-electron chi connectivity index (χ3n) is 5.96. The number of imide groups is 1. The summed E-state index contributed by atoms with van der Waals surface area (Å²) < 4.78 is 11.7. The van der Waals surface area contributed by atoms with E-state index in [2.05, 4.69) is 26.6 Å². The number of anilines is 2. The van der Waals surface area contributed by atoms with E-state index in [1.807, 2.05) is 32.0 Å². The number of para-hydroxylation sites is 1. The van der Waals surface area contributed by atoms with Gasteiger partial charge in [0.2, 0.25) is 5.91 Å². The van der Waals surface area contributed by atoms with Crippen LogP contribution >= 0.6 is 27.7 Å². The van der Waals surface area contributed by atoms with E-state index < -0.39 is 23.6 Å². The highest BCUT2D eigenvalue weighted by atomic mass is 79.9. The summed E-state index contributed by atoms with van der Waals surface area (Å²) in [5, 5.41) is 4.94. The molecule has 0 aliphatic carbocycles. The maximum absolute atomic E-state index is 12.9. The monoisotopic (exact) mass is 623 g/mol. The Bertz CT molecular complexity index is 1520. The number of thioether (sulfide) groups is 1. The number of carbonyl (C=O) groups is 4. The molecule has 11 heteroatoms. The molecule has 0 saturated carbocycles. The minimum atomic E-state index is -0.570. The van der Waals surface area contributed by atoms with Gasteiger partial charge in [0, 0.05) is 10.2 Å². The van der Waals surface area contributed by atoms with E-state index in [1.165, 1.54) is 13.2 Å². The molecule has 206 valence electrons. The fourth-order valence-corrected chi connectivity index (χ4v) is 4.96. The molecule has 0 atom stereocenters. The van der Waals surface area contributed by atoms with E-state index in [1.54, 1.807) is 42.5 Å². The van der Waals surface area contributed by atoms with E-state index in [4.69, 9.17) is 9.47 Å². The van der Waals surface area contributed by atoms with Gasteiger partial charge in [0.15, 0.2) is 18.1 Å². The summed E-state index contributed by atoms with van der Waals surface area (Å²) in [6.45, 7) is 3.32. The van der Waals surface area contributed by atoms with Crippen LogP contribution in [0.25, 0.3) is 6.08 Å². The van der Waals surface area contributed by atoms with Gasteiger partial charge in [-0.15, -0.1) is 0 Å². The lowest BCUT2D eigenvalue weighted by molar-refractivity contribution is -0.127. The SMILES string of the molecule is COc1cc(/C=C2/SC(=O)N(CC(=O)Nc3ccccc3Br)C2=O)ccc1OCC(=O)Nc1ccc(C)c(C)c1. The molecule has 4 rings (SSSR count). The Morgan fingerprint density at radius 1 is 0.950 bits per heavy atom. The molecular formula is C29H26BrN3O6S. The number of hydrogen-bond donors (Lipinski definition) is 2. The standard InChI is InChI=1S/C29H26BrN3O6S/c1-17-8-10-20(12-18(17)2)31-27(35)16-39-23-11-9-19(13-24(23)38-3)14-25-28(36)33(29(37)40-25)15-26(34)32-22-7-5-4-6-21(22)30/h4-14H,15-16H2,1-3H3,(H,31,35)(H,32,34)/b25-14+. The quantitative estimate of drug-likeness (QED) is 0.291. The average molecular weight is 625 g/mol. The number of rotatable bonds is 9. The number of ether oxygens (including phenoxy) is 2. The van der Waals surface area contributed by atoms with Gasteiger partial charge >= 0.3 is 0 Å². The summed E-state index contributed by atoms with van der Waals surface area (Å²) in [7, 11) is 1.46. The van der Waals surface area contributed by atoms with Crippen LogP contribution in [0.4, 0.5) is 16.2 Å². The molecule has 9 nitrogen and oxygen atoms in total. The summed E-state index contributed by atoms with van der Waals surface area (Å²) in [6.07, 6.45) is 1.54. The van der Waals surface area contributed by atoms with Crippen LogP contribution < -0.4 is 20.1 Å². The highest BCUT2D eigenvalue weighted by Gasteiger charge is 2.36. The molecule has 2 N–H and O–H groups in total. The summed E-state index contributed by atoms with van der Waals surface area (Å²) >= 11 is 4.09.